The zero-order valence-corrected chi connectivity index (χ0v) is 8.96. The first-order valence-electron chi connectivity index (χ1n) is 4.51. The molecule has 15 heavy (non-hydrogen) atoms. The van der Waals surface area contributed by atoms with Gasteiger partial charge in [-0.25, -0.2) is 4.99 Å². The third-order valence-corrected chi connectivity index (χ3v) is 2.03. The first-order valence-corrected chi connectivity index (χ1v) is 4.89. The summed E-state index contributed by atoms with van der Waals surface area (Å²) < 4.78 is 0. The molecule has 0 heterocycles. The van der Waals surface area contributed by atoms with E-state index < -0.39 is 0 Å². The van der Waals surface area contributed by atoms with Crippen LogP contribution in [0.2, 0.25) is 5.02 Å². The van der Waals surface area contributed by atoms with E-state index in [2.05, 4.69) is 4.99 Å². The second-order valence-corrected chi connectivity index (χ2v) is 3.43. The summed E-state index contributed by atoms with van der Waals surface area (Å²) in [7, 11) is 0. The van der Waals surface area contributed by atoms with Gasteiger partial charge in [0.25, 0.3) is 0 Å². The predicted molar refractivity (Wildman–Crippen MR) is 63.6 cm³/mol. The van der Waals surface area contributed by atoms with Crippen molar-refractivity contribution >= 4 is 23.3 Å². The molecule has 0 saturated carbocycles. The fourth-order valence-electron chi connectivity index (χ4n) is 1.02. The summed E-state index contributed by atoms with van der Waals surface area (Å²) in [5, 5.41) is 8.29. The van der Waals surface area contributed by atoms with Gasteiger partial charge in [0, 0.05) is 17.0 Å². The van der Waals surface area contributed by atoms with Crippen LogP contribution in [0.3, 0.4) is 0 Å². The normalized spacial score (nSPS) is 11.5. The summed E-state index contributed by atoms with van der Waals surface area (Å²) in [4.78, 5) is 3.92. The number of aliphatic imine (C=N–C) groups is 1. The van der Waals surface area contributed by atoms with Crippen molar-refractivity contribution in [3.8, 4) is 0 Å². The standard InChI is InChI=1S/C10H13ClN4/c11-8-3-1-7(2-4-8)10(14)15-9(13)5-6-12/h1-4H,5-6,12H2,(H3,13,14,15). The average Bonchev–Trinajstić information content (AvgIpc) is 2.18. The first kappa shape index (κ1) is 11.7. The molecule has 0 fully saturated rings. The van der Waals surface area contributed by atoms with Gasteiger partial charge in [-0.2, -0.15) is 0 Å². The van der Waals surface area contributed by atoms with Crippen molar-refractivity contribution in [2.75, 3.05) is 6.54 Å². The zero-order valence-electron chi connectivity index (χ0n) is 8.20. The Morgan fingerprint density at radius 1 is 1.33 bits per heavy atom. The highest BCUT2D eigenvalue weighted by Crippen LogP contribution is 2.10. The Morgan fingerprint density at radius 2 is 1.93 bits per heavy atom. The molecule has 5 heteroatoms. The number of rotatable bonds is 3. The molecule has 1 aromatic carbocycles. The van der Waals surface area contributed by atoms with Crippen LogP contribution in [0.25, 0.3) is 0 Å². The summed E-state index contributed by atoms with van der Waals surface area (Å²) >= 11 is 5.72. The van der Waals surface area contributed by atoms with Crippen LogP contribution in [0.5, 0.6) is 0 Å². The molecule has 0 saturated heterocycles. The molecule has 0 aliphatic carbocycles. The molecule has 0 aliphatic rings. The van der Waals surface area contributed by atoms with Crippen molar-refractivity contribution in [2.24, 2.45) is 16.5 Å². The molecule has 0 aliphatic heterocycles. The van der Waals surface area contributed by atoms with E-state index >= 15 is 0 Å². The van der Waals surface area contributed by atoms with E-state index in [4.69, 9.17) is 28.5 Å². The van der Waals surface area contributed by atoms with E-state index in [-0.39, 0.29) is 5.84 Å². The topological polar surface area (TPSA) is 88.2 Å². The average molecular weight is 225 g/mol. The van der Waals surface area contributed by atoms with Crippen LogP contribution in [-0.2, 0) is 0 Å². The van der Waals surface area contributed by atoms with Crippen molar-refractivity contribution in [3.05, 3.63) is 34.9 Å². The highest BCUT2D eigenvalue weighted by molar-refractivity contribution is 6.30. The second-order valence-electron chi connectivity index (χ2n) is 3.00. The predicted octanol–water partition coefficient (Wildman–Crippen LogP) is 1.37. The second kappa shape index (κ2) is 5.48. The minimum atomic E-state index is 0.123. The Labute approximate surface area is 93.5 Å². The largest absolute Gasteiger partial charge is 0.387 e. The number of halogens is 1. The van der Waals surface area contributed by atoms with Gasteiger partial charge in [0.2, 0.25) is 0 Å². The van der Waals surface area contributed by atoms with Crippen LogP contribution in [0.1, 0.15) is 12.0 Å². The molecule has 0 unspecified atom stereocenters. The van der Waals surface area contributed by atoms with E-state index in [9.17, 15) is 0 Å². The summed E-state index contributed by atoms with van der Waals surface area (Å²) in [6, 6.07) is 6.87. The van der Waals surface area contributed by atoms with E-state index in [1.807, 2.05) is 0 Å². The van der Waals surface area contributed by atoms with Crippen molar-refractivity contribution in [1.29, 1.82) is 5.41 Å². The fraction of sp³-hybridized carbons (Fsp3) is 0.200. The summed E-state index contributed by atoms with van der Waals surface area (Å²) in [6.45, 7) is 0.434. The molecule has 0 aromatic heterocycles. The molecule has 0 radical (unpaired) electrons. The van der Waals surface area contributed by atoms with Gasteiger partial charge in [0.15, 0.2) is 5.84 Å². The minimum Gasteiger partial charge on any atom is -0.387 e. The maximum Gasteiger partial charge on any atom is 0.153 e. The molecule has 0 bridgehead atoms. The van der Waals surface area contributed by atoms with Crippen LogP contribution >= 0.6 is 11.6 Å². The maximum atomic E-state index is 7.66. The van der Waals surface area contributed by atoms with E-state index in [1.165, 1.54) is 0 Å². The molecule has 0 atom stereocenters. The van der Waals surface area contributed by atoms with Crippen LogP contribution in [0.15, 0.2) is 29.3 Å². The van der Waals surface area contributed by atoms with Crippen molar-refractivity contribution in [3.63, 3.8) is 0 Å². The smallest absolute Gasteiger partial charge is 0.153 e. The summed E-state index contributed by atoms with van der Waals surface area (Å²) in [5.41, 5.74) is 11.6. The van der Waals surface area contributed by atoms with Crippen molar-refractivity contribution in [1.82, 2.24) is 0 Å². The number of hydrogen-bond donors (Lipinski definition) is 3. The third-order valence-electron chi connectivity index (χ3n) is 1.77. The SMILES string of the molecule is N=C(N=C(N)CCN)c1ccc(Cl)cc1. The van der Waals surface area contributed by atoms with Gasteiger partial charge >= 0.3 is 0 Å². The van der Waals surface area contributed by atoms with Crippen LogP contribution in [0.4, 0.5) is 0 Å². The van der Waals surface area contributed by atoms with Gasteiger partial charge in [0.1, 0.15) is 5.84 Å². The molecule has 5 N–H and O–H groups in total. The number of nitrogens with two attached hydrogens (primary N) is 2. The van der Waals surface area contributed by atoms with Crippen LogP contribution in [-0.4, -0.2) is 18.2 Å². The van der Waals surface area contributed by atoms with Crippen molar-refractivity contribution in [2.45, 2.75) is 6.42 Å². The molecule has 1 aromatic rings. The highest BCUT2D eigenvalue weighted by Gasteiger charge is 2.00. The summed E-state index contributed by atoms with van der Waals surface area (Å²) in [6.07, 6.45) is 0.496. The lowest BCUT2D eigenvalue weighted by atomic mass is 10.2. The quantitative estimate of drug-likeness (QED) is 0.535. The third kappa shape index (κ3) is 3.69. The number of benzene rings is 1. The molecule has 1 rings (SSSR count). The number of hydrogen-bond acceptors (Lipinski definition) is 2. The molecule has 0 amide bonds. The van der Waals surface area contributed by atoms with E-state index in [1.54, 1.807) is 24.3 Å². The Kier molecular flexibility index (Phi) is 4.27. The fourth-order valence-corrected chi connectivity index (χ4v) is 1.15. The lowest BCUT2D eigenvalue weighted by molar-refractivity contribution is 1.03. The lowest BCUT2D eigenvalue weighted by Gasteiger charge is -2.01. The van der Waals surface area contributed by atoms with Gasteiger partial charge < -0.3 is 11.5 Å². The Bertz CT molecular complexity index is 370. The van der Waals surface area contributed by atoms with Crippen molar-refractivity contribution < 1.29 is 0 Å². The summed E-state index contributed by atoms with van der Waals surface area (Å²) in [5.74, 6) is 0.495. The highest BCUT2D eigenvalue weighted by atomic mass is 35.5. The molecule has 4 nitrogen and oxygen atoms in total. The monoisotopic (exact) mass is 224 g/mol. The maximum absolute atomic E-state index is 7.66. The number of nitrogens with zero attached hydrogens (tertiary/aromatic N) is 1. The Hall–Kier alpha value is -1.39. The lowest BCUT2D eigenvalue weighted by Crippen LogP contribution is -2.18. The molecule has 80 valence electrons. The minimum absolute atomic E-state index is 0.123. The number of amidine groups is 2. The van der Waals surface area contributed by atoms with Crippen LogP contribution < -0.4 is 11.5 Å². The molecule has 0 spiro atoms. The van der Waals surface area contributed by atoms with Crippen LogP contribution in [0, 0.1) is 5.41 Å². The van der Waals surface area contributed by atoms with Gasteiger partial charge in [-0.05, 0) is 30.8 Å². The number of nitrogens with one attached hydrogen (secondary N) is 1. The Morgan fingerprint density at radius 3 is 2.47 bits per heavy atom. The van der Waals surface area contributed by atoms with E-state index in [0.717, 1.165) is 0 Å². The Balaban J connectivity index is 2.77. The van der Waals surface area contributed by atoms with E-state index in [0.29, 0.717) is 29.4 Å². The molecular weight excluding hydrogens is 212 g/mol. The first-order chi connectivity index (χ1) is 7.13. The zero-order chi connectivity index (χ0) is 11.3. The van der Waals surface area contributed by atoms with Gasteiger partial charge in [0.05, 0.1) is 0 Å². The van der Waals surface area contributed by atoms with Gasteiger partial charge in [-0.1, -0.05) is 11.6 Å². The molecular formula is C10H13ClN4. The van der Waals surface area contributed by atoms with Gasteiger partial charge in [-0.15, -0.1) is 0 Å². The van der Waals surface area contributed by atoms with Gasteiger partial charge in [-0.3, -0.25) is 5.41 Å².